The number of thioether (sulfide) groups is 1. The third kappa shape index (κ3) is 6.81. The molecule has 6 nitrogen and oxygen atoms in total. The minimum absolute atomic E-state index is 0.0187. The molecule has 1 amide bonds. The summed E-state index contributed by atoms with van der Waals surface area (Å²) in [6.45, 7) is 2.98. The number of carbonyl (C=O) groups excluding carboxylic acids is 1. The van der Waals surface area contributed by atoms with Gasteiger partial charge in [-0.05, 0) is 60.7 Å². The van der Waals surface area contributed by atoms with Crippen molar-refractivity contribution in [3.8, 4) is 10.7 Å². The van der Waals surface area contributed by atoms with Crippen molar-refractivity contribution in [3.63, 3.8) is 0 Å². The van der Waals surface area contributed by atoms with Crippen LogP contribution in [0.25, 0.3) is 10.7 Å². The molecule has 4 rings (SSSR count). The van der Waals surface area contributed by atoms with Crippen LogP contribution in [0.5, 0.6) is 0 Å². The first kappa shape index (κ1) is 23.3. The third-order valence-corrected chi connectivity index (χ3v) is 7.62. The van der Waals surface area contributed by atoms with Gasteiger partial charge in [-0.15, -0.1) is 11.3 Å². The lowest BCUT2D eigenvalue weighted by Gasteiger charge is -2.30. The predicted molar refractivity (Wildman–Crippen MR) is 131 cm³/mol. The van der Waals surface area contributed by atoms with E-state index in [0.717, 1.165) is 60.3 Å². The van der Waals surface area contributed by atoms with Crippen LogP contribution in [0, 0.1) is 5.92 Å². The van der Waals surface area contributed by atoms with Crippen LogP contribution in [0.15, 0.2) is 46.3 Å². The first-order valence-corrected chi connectivity index (χ1v) is 13.3. The Kier molecular flexibility index (Phi) is 8.62. The SMILES string of the molecule is O=C(NCCCSCc1ccc(Cl)cc1)C1CCCN(Cc2nc(-c3cccs3)no2)C1. The number of amides is 1. The number of hydrogen-bond acceptors (Lipinski definition) is 7. The number of aromatic nitrogens is 2. The van der Waals surface area contributed by atoms with Crippen molar-refractivity contribution in [2.24, 2.45) is 5.92 Å². The molecule has 2 aromatic heterocycles. The highest BCUT2D eigenvalue weighted by Crippen LogP contribution is 2.23. The van der Waals surface area contributed by atoms with E-state index in [1.54, 1.807) is 11.3 Å². The first-order valence-electron chi connectivity index (χ1n) is 10.9. The Morgan fingerprint density at radius 2 is 2.19 bits per heavy atom. The molecule has 3 aromatic rings. The standard InChI is InChI=1S/C23H27ClN4O2S2/c24-19-8-6-17(7-9-19)16-31-12-3-10-25-23(29)18-4-1-11-28(14-18)15-21-26-22(27-30-21)20-5-2-13-32-20/h2,5-9,13,18H,1,3-4,10-12,14-16H2,(H,25,29). The van der Waals surface area contributed by atoms with Crippen molar-refractivity contribution in [1.29, 1.82) is 0 Å². The van der Waals surface area contributed by atoms with Gasteiger partial charge >= 0.3 is 0 Å². The lowest BCUT2D eigenvalue weighted by Crippen LogP contribution is -2.43. The van der Waals surface area contributed by atoms with E-state index < -0.39 is 0 Å². The molecule has 1 atom stereocenters. The number of hydrogen-bond donors (Lipinski definition) is 1. The number of piperidine rings is 1. The molecular weight excluding hydrogens is 464 g/mol. The van der Waals surface area contributed by atoms with E-state index in [4.69, 9.17) is 16.1 Å². The van der Waals surface area contributed by atoms with Gasteiger partial charge in [-0.3, -0.25) is 9.69 Å². The van der Waals surface area contributed by atoms with Gasteiger partial charge in [0.1, 0.15) is 0 Å². The quantitative estimate of drug-likeness (QED) is 0.398. The highest BCUT2D eigenvalue weighted by atomic mass is 35.5. The fraction of sp³-hybridized carbons (Fsp3) is 0.435. The number of nitrogens with zero attached hydrogens (tertiary/aromatic N) is 3. The summed E-state index contributed by atoms with van der Waals surface area (Å²) in [6, 6.07) is 11.9. The Balaban J connectivity index is 1.14. The van der Waals surface area contributed by atoms with Crippen LogP contribution in [-0.4, -0.2) is 46.3 Å². The van der Waals surface area contributed by atoms with Gasteiger partial charge in [-0.1, -0.05) is 35.0 Å². The van der Waals surface area contributed by atoms with Crippen molar-refractivity contribution in [3.05, 3.63) is 58.3 Å². The molecule has 0 bridgehead atoms. The van der Waals surface area contributed by atoms with Crippen molar-refractivity contribution >= 4 is 40.6 Å². The van der Waals surface area contributed by atoms with Crippen LogP contribution in [0.4, 0.5) is 0 Å². The molecule has 0 saturated carbocycles. The molecule has 9 heteroatoms. The smallest absolute Gasteiger partial charge is 0.241 e. The lowest BCUT2D eigenvalue weighted by molar-refractivity contribution is -0.126. The zero-order valence-corrected chi connectivity index (χ0v) is 20.2. The number of rotatable bonds is 10. The molecule has 1 fully saturated rings. The van der Waals surface area contributed by atoms with Crippen LogP contribution >= 0.6 is 34.7 Å². The number of nitrogens with one attached hydrogen (secondary N) is 1. The second-order valence-corrected chi connectivity index (χ2v) is 10.4. The van der Waals surface area contributed by atoms with Crippen LogP contribution in [0.3, 0.4) is 0 Å². The average Bonchev–Trinajstić information content (AvgIpc) is 3.49. The van der Waals surface area contributed by atoms with E-state index in [-0.39, 0.29) is 11.8 Å². The van der Waals surface area contributed by atoms with Gasteiger partial charge < -0.3 is 9.84 Å². The van der Waals surface area contributed by atoms with E-state index in [1.807, 2.05) is 41.4 Å². The van der Waals surface area contributed by atoms with Gasteiger partial charge in [0.25, 0.3) is 0 Å². The van der Waals surface area contributed by atoms with Crippen LogP contribution < -0.4 is 5.32 Å². The van der Waals surface area contributed by atoms with Gasteiger partial charge in [0.05, 0.1) is 17.3 Å². The Morgan fingerprint density at radius 1 is 1.31 bits per heavy atom. The lowest BCUT2D eigenvalue weighted by atomic mass is 9.97. The highest BCUT2D eigenvalue weighted by Gasteiger charge is 2.26. The first-order chi connectivity index (χ1) is 15.7. The van der Waals surface area contributed by atoms with Crippen molar-refractivity contribution in [2.45, 2.75) is 31.6 Å². The molecule has 1 N–H and O–H groups in total. The fourth-order valence-corrected chi connectivity index (χ4v) is 5.43. The number of benzene rings is 1. The summed E-state index contributed by atoms with van der Waals surface area (Å²) >= 11 is 9.39. The van der Waals surface area contributed by atoms with Crippen molar-refractivity contribution < 1.29 is 9.32 Å². The van der Waals surface area contributed by atoms with E-state index in [1.165, 1.54) is 5.56 Å². The van der Waals surface area contributed by atoms with Crippen molar-refractivity contribution in [2.75, 3.05) is 25.4 Å². The summed E-state index contributed by atoms with van der Waals surface area (Å²) in [5, 5.41) is 9.96. The number of carbonyl (C=O) groups is 1. The zero-order chi connectivity index (χ0) is 22.2. The summed E-state index contributed by atoms with van der Waals surface area (Å²) in [5.41, 5.74) is 1.27. The van der Waals surface area contributed by atoms with Crippen LogP contribution in [0.1, 0.15) is 30.7 Å². The largest absolute Gasteiger partial charge is 0.356 e. The molecule has 1 unspecified atom stereocenters. The summed E-state index contributed by atoms with van der Waals surface area (Å²) in [7, 11) is 0. The maximum absolute atomic E-state index is 12.6. The van der Waals surface area contributed by atoms with E-state index in [2.05, 4.69) is 32.5 Å². The molecule has 1 saturated heterocycles. The second-order valence-electron chi connectivity index (χ2n) is 7.89. The molecular formula is C23H27ClN4O2S2. The van der Waals surface area contributed by atoms with Crippen LogP contribution in [0.2, 0.25) is 5.02 Å². The topological polar surface area (TPSA) is 71.3 Å². The highest BCUT2D eigenvalue weighted by molar-refractivity contribution is 7.98. The summed E-state index contributed by atoms with van der Waals surface area (Å²) < 4.78 is 5.42. The molecule has 0 aliphatic carbocycles. The maximum Gasteiger partial charge on any atom is 0.241 e. The molecule has 1 aliphatic heterocycles. The molecule has 170 valence electrons. The maximum atomic E-state index is 12.6. The van der Waals surface area contributed by atoms with Gasteiger partial charge in [0, 0.05) is 23.9 Å². The Bertz CT molecular complexity index is 978. The normalized spacial score (nSPS) is 16.8. The van der Waals surface area contributed by atoms with E-state index in [9.17, 15) is 4.79 Å². The van der Waals surface area contributed by atoms with Gasteiger partial charge in [0.2, 0.25) is 17.6 Å². The van der Waals surface area contributed by atoms with E-state index >= 15 is 0 Å². The third-order valence-electron chi connectivity index (χ3n) is 5.39. The van der Waals surface area contributed by atoms with Gasteiger partial charge in [-0.25, -0.2) is 0 Å². The van der Waals surface area contributed by atoms with Crippen LogP contribution in [-0.2, 0) is 17.1 Å². The summed E-state index contributed by atoms with van der Waals surface area (Å²) in [6.07, 6.45) is 2.90. The van der Waals surface area contributed by atoms with E-state index in [0.29, 0.717) is 18.3 Å². The van der Waals surface area contributed by atoms with Gasteiger partial charge in [-0.2, -0.15) is 16.7 Å². The zero-order valence-electron chi connectivity index (χ0n) is 17.8. The monoisotopic (exact) mass is 490 g/mol. The summed E-state index contributed by atoms with van der Waals surface area (Å²) in [4.78, 5) is 20.4. The Labute approximate surface area is 201 Å². The molecule has 32 heavy (non-hydrogen) atoms. The second kappa shape index (κ2) is 11.8. The predicted octanol–water partition coefficient (Wildman–Crippen LogP) is 5.10. The number of halogens is 1. The number of thiophene rings is 1. The summed E-state index contributed by atoms with van der Waals surface area (Å²) in [5.74, 6) is 3.39. The Hall–Kier alpha value is -1.87. The minimum atomic E-state index is 0.0187. The molecule has 1 aliphatic rings. The van der Waals surface area contributed by atoms with Crippen molar-refractivity contribution in [1.82, 2.24) is 20.4 Å². The average molecular weight is 491 g/mol. The minimum Gasteiger partial charge on any atom is -0.356 e. The molecule has 0 spiro atoms. The molecule has 3 heterocycles. The Morgan fingerprint density at radius 3 is 3.00 bits per heavy atom. The molecule has 1 aromatic carbocycles. The fourth-order valence-electron chi connectivity index (χ4n) is 3.73. The number of likely N-dealkylation sites (tertiary alicyclic amines) is 1. The van der Waals surface area contributed by atoms with Gasteiger partial charge in [0.15, 0.2) is 0 Å². The molecule has 0 radical (unpaired) electrons.